The van der Waals surface area contributed by atoms with E-state index in [2.05, 4.69) is 0 Å². The van der Waals surface area contributed by atoms with E-state index in [0.717, 1.165) is 18.3 Å². The zero-order chi connectivity index (χ0) is 23.5. The number of carbonyl (C=O) groups is 1. The van der Waals surface area contributed by atoms with Crippen molar-refractivity contribution in [1.82, 2.24) is 4.57 Å². The summed E-state index contributed by atoms with van der Waals surface area (Å²) in [6, 6.07) is 3.08. The maximum atomic E-state index is 15.0. The molecule has 1 aromatic heterocycles. The first kappa shape index (κ1) is 22.0. The molecule has 0 aliphatic carbocycles. The van der Waals surface area contributed by atoms with Crippen LogP contribution >= 0.6 is 11.6 Å². The van der Waals surface area contributed by atoms with Gasteiger partial charge in [-0.2, -0.15) is 0 Å². The lowest BCUT2D eigenvalue weighted by Crippen LogP contribution is -2.65. The van der Waals surface area contributed by atoms with Gasteiger partial charge in [-0.25, -0.2) is 13.6 Å². The van der Waals surface area contributed by atoms with Gasteiger partial charge >= 0.3 is 5.97 Å². The number of fused-ring (bicyclic) bond motifs is 1. The number of aliphatic hydroxyl groups is 1. The summed E-state index contributed by atoms with van der Waals surface area (Å²) in [6.45, 7) is 1.78. The minimum absolute atomic E-state index is 0.000973. The zero-order valence-electron chi connectivity index (χ0n) is 16.8. The Bertz CT molecular complexity index is 1350. The van der Waals surface area contributed by atoms with Gasteiger partial charge in [-0.3, -0.25) is 4.79 Å². The molecule has 2 heterocycles. The van der Waals surface area contributed by atoms with E-state index in [-0.39, 0.29) is 38.6 Å². The highest BCUT2D eigenvalue weighted by Gasteiger charge is 2.38. The fourth-order valence-electron chi connectivity index (χ4n) is 3.99. The number of hydrogen-bond donors (Lipinski definition) is 4. The van der Waals surface area contributed by atoms with Gasteiger partial charge in [0.25, 0.3) is 0 Å². The van der Waals surface area contributed by atoms with Crippen LogP contribution in [0, 0.1) is 11.6 Å². The molecule has 0 atom stereocenters. The smallest absolute Gasteiger partial charge is 0.341 e. The molecule has 168 valence electrons. The SMILES string of the molecule is CC1(N)CN(c2c(F)cc3c(=O)c(C(=O)O)cn(-c4cc(N)c(F)cc4CO)c3c2Cl)C1. The minimum atomic E-state index is -1.55. The van der Waals surface area contributed by atoms with Gasteiger partial charge in [0.05, 0.1) is 39.6 Å². The Kier molecular flexibility index (Phi) is 5.11. The minimum Gasteiger partial charge on any atom is -0.477 e. The second-order valence-corrected chi connectivity index (χ2v) is 8.51. The van der Waals surface area contributed by atoms with E-state index >= 15 is 4.39 Å². The van der Waals surface area contributed by atoms with Crippen LogP contribution in [-0.4, -0.2) is 39.4 Å². The molecule has 1 aliphatic heterocycles. The fraction of sp³-hybridized carbons (Fsp3) is 0.238. The second-order valence-electron chi connectivity index (χ2n) is 8.13. The number of benzene rings is 2. The van der Waals surface area contributed by atoms with Crippen LogP contribution in [0.25, 0.3) is 16.6 Å². The van der Waals surface area contributed by atoms with Gasteiger partial charge in [0.15, 0.2) is 0 Å². The van der Waals surface area contributed by atoms with Crippen molar-refractivity contribution in [1.29, 1.82) is 0 Å². The van der Waals surface area contributed by atoms with Crippen molar-refractivity contribution in [2.75, 3.05) is 23.7 Å². The van der Waals surface area contributed by atoms with Gasteiger partial charge in [-0.1, -0.05) is 11.6 Å². The molecule has 8 nitrogen and oxygen atoms in total. The van der Waals surface area contributed by atoms with Crippen LogP contribution in [0.2, 0.25) is 5.02 Å². The van der Waals surface area contributed by atoms with E-state index in [1.54, 1.807) is 11.8 Å². The number of aliphatic hydroxyl groups excluding tert-OH is 1. The summed E-state index contributed by atoms with van der Waals surface area (Å²) in [5.74, 6) is -3.15. The summed E-state index contributed by atoms with van der Waals surface area (Å²) < 4.78 is 30.2. The predicted molar refractivity (Wildman–Crippen MR) is 117 cm³/mol. The molecule has 1 saturated heterocycles. The summed E-state index contributed by atoms with van der Waals surface area (Å²) in [5.41, 5.74) is 9.42. The first-order chi connectivity index (χ1) is 14.9. The highest BCUT2D eigenvalue weighted by molar-refractivity contribution is 6.38. The van der Waals surface area contributed by atoms with Crippen molar-refractivity contribution in [3.05, 3.63) is 62.4 Å². The maximum Gasteiger partial charge on any atom is 0.341 e. The lowest BCUT2D eigenvalue weighted by Gasteiger charge is -2.47. The molecule has 32 heavy (non-hydrogen) atoms. The van der Waals surface area contributed by atoms with E-state index in [0.29, 0.717) is 13.1 Å². The number of halogens is 3. The highest BCUT2D eigenvalue weighted by Crippen LogP contribution is 2.40. The molecule has 0 spiro atoms. The molecule has 0 unspecified atom stereocenters. The lowest BCUT2D eigenvalue weighted by atomic mass is 9.92. The Morgan fingerprint density at radius 1 is 1.25 bits per heavy atom. The number of rotatable bonds is 4. The monoisotopic (exact) mass is 464 g/mol. The number of carboxylic acid groups (broad SMARTS) is 1. The number of nitrogens with two attached hydrogens (primary N) is 2. The molecule has 6 N–H and O–H groups in total. The van der Waals surface area contributed by atoms with Gasteiger partial charge in [-0.05, 0) is 25.1 Å². The number of pyridine rings is 1. The third-order valence-electron chi connectivity index (χ3n) is 5.44. The van der Waals surface area contributed by atoms with Crippen LogP contribution in [0.3, 0.4) is 0 Å². The van der Waals surface area contributed by atoms with Crippen molar-refractivity contribution >= 4 is 39.8 Å². The number of nitrogens with zero attached hydrogens (tertiary/aromatic N) is 2. The standard InChI is InChI=1S/C21H19ClF2N4O4/c1-21(26)7-27(8-21)18-13(24)3-10-17(16(18)22)28(5-11(19(10)30)20(31)32)15-4-14(25)12(23)2-9(15)6-29/h2-5,29H,6-8,25-26H2,1H3,(H,31,32). The van der Waals surface area contributed by atoms with Crippen molar-refractivity contribution in [2.45, 2.75) is 19.1 Å². The topological polar surface area (TPSA) is 135 Å². The molecule has 0 radical (unpaired) electrons. The molecule has 1 aliphatic rings. The maximum absolute atomic E-state index is 15.0. The average Bonchev–Trinajstić information content (AvgIpc) is 2.68. The normalized spacial score (nSPS) is 15.1. The van der Waals surface area contributed by atoms with Gasteiger partial charge in [0, 0.05) is 30.4 Å². The molecule has 2 aromatic carbocycles. The Morgan fingerprint density at radius 2 is 1.91 bits per heavy atom. The quantitative estimate of drug-likeness (QED) is 0.435. The molecule has 0 saturated carbocycles. The number of carboxylic acids is 1. The highest BCUT2D eigenvalue weighted by atomic mass is 35.5. The second kappa shape index (κ2) is 7.44. The Morgan fingerprint density at radius 3 is 2.47 bits per heavy atom. The van der Waals surface area contributed by atoms with Crippen LogP contribution in [0.1, 0.15) is 22.8 Å². The van der Waals surface area contributed by atoms with Crippen LogP contribution in [0.15, 0.2) is 29.2 Å². The summed E-state index contributed by atoms with van der Waals surface area (Å²) in [6.07, 6.45) is 0.996. The molecule has 11 heteroatoms. The Hall–Kier alpha value is -3.21. The number of aromatic carboxylic acids is 1. The third kappa shape index (κ3) is 3.36. The molecular weight excluding hydrogens is 446 g/mol. The number of nitrogen functional groups attached to an aromatic ring is 1. The van der Waals surface area contributed by atoms with Crippen LogP contribution in [0.4, 0.5) is 20.2 Å². The fourth-order valence-corrected chi connectivity index (χ4v) is 4.39. The molecule has 3 aromatic rings. The van der Waals surface area contributed by atoms with E-state index in [9.17, 15) is 24.2 Å². The lowest BCUT2D eigenvalue weighted by molar-refractivity contribution is 0.0695. The van der Waals surface area contributed by atoms with Crippen molar-refractivity contribution in [3.63, 3.8) is 0 Å². The van der Waals surface area contributed by atoms with Crippen molar-refractivity contribution in [2.24, 2.45) is 5.73 Å². The van der Waals surface area contributed by atoms with Crippen LogP contribution in [0.5, 0.6) is 0 Å². The number of aromatic nitrogens is 1. The molecule has 1 fully saturated rings. The summed E-state index contributed by atoms with van der Waals surface area (Å²) in [4.78, 5) is 26.1. The van der Waals surface area contributed by atoms with Gasteiger partial charge in [0.2, 0.25) is 5.43 Å². The Balaban J connectivity index is 2.13. The largest absolute Gasteiger partial charge is 0.477 e. The third-order valence-corrected chi connectivity index (χ3v) is 5.79. The van der Waals surface area contributed by atoms with E-state index in [1.165, 1.54) is 10.6 Å². The van der Waals surface area contributed by atoms with Crippen LogP contribution < -0.4 is 21.8 Å². The zero-order valence-corrected chi connectivity index (χ0v) is 17.6. The molecule has 0 bridgehead atoms. The van der Waals surface area contributed by atoms with Crippen molar-refractivity contribution in [3.8, 4) is 5.69 Å². The number of anilines is 2. The predicted octanol–water partition coefficient (Wildman–Crippen LogP) is 2.23. The molecule has 0 amide bonds. The van der Waals surface area contributed by atoms with Crippen molar-refractivity contribution < 1.29 is 23.8 Å². The first-order valence-corrected chi connectivity index (χ1v) is 9.86. The Labute approximate surface area is 185 Å². The number of hydrogen-bond acceptors (Lipinski definition) is 6. The molecule has 4 rings (SSSR count). The van der Waals surface area contributed by atoms with Gasteiger partial charge < -0.3 is 31.1 Å². The first-order valence-electron chi connectivity index (χ1n) is 9.49. The summed E-state index contributed by atoms with van der Waals surface area (Å²) in [5, 5.41) is 18.8. The summed E-state index contributed by atoms with van der Waals surface area (Å²) >= 11 is 6.58. The van der Waals surface area contributed by atoms with E-state index in [1.807, 2.05) is 0 Å². The van der Waals surface area contributed by atoms with E-state index in [4.69, 9.17) is 23.1 Å². The van der Waals surface area contributed by atoms with Gasteiger partial charge in [-0.15, -0.1) is 0 Å². The van der Waals surface area contributed by atoms with Crippen LogP contribution in [-0.2, 0) is 6.61 Å². The van der Waals surface area contributed by atoms with E-state index < -0.39 is 40.7 Å². The molecular formula is C21H19ClF2N4O4. The summed E-state index contributed by atoms with van der Waals surface area (Å²) in [7, 11) is 0. The van der Waals surface area contributed by atoms with Gasteiger partial charge in [0.1, 0.15) is 17.2 Å². The average molecular weight is 465 g/mol.